The highest BCUT2D eigenvalue weighted by molar-refractivity contribution is 6.35. The summed E-state index contributed by atoms with van der Waals surface area (Å²) in [6, 6.07) is 22.6. The zero-order valence-electron chi connectivity index (χ0n) is 31.4. The van der Waals surface area contributed by atoms with E-state index in [9.17, 15) is 9.18 Å². The summed E-state index contributed by atoms with van der Waals surface area (Å²) in [4.78, 5) is 16.6. The summed E-state index contributed by atoms with van der Waals surface area (Å²) in [5.74, 6) is 0.0262. The average Bonchev–Trinajstić information content (AvgIpc) is 3.70. The van der Waals surface area contributed by atoms with E-state index in [0.717, 1.165) is 93.7 Å². The first-order valence-electron chi connectivity index (χ1n) is 19.3. The molecule has 4 heterocycles. The van der Waals surface area contributed by atoms with Gasteiger partial charge in [0.1, 0.15) is 17.3 Å². The van der Waals surface area contributed by atoms with E-state index in [0.29, 0.717) is 68.6 Å². The molecule has 0 atom stereocenters. The SMILES string of the molecule is CCOC(=O)c1c(CCCOc2cccc3cc(F)ccc23)c2ccc(Cl)c3c2n1Cc1ccccc1COCc1c-3c(CC)nn1CCN1CCOCC1. The highest BCUT2D eigenvalue weighted by atomic mass is 35.5. The lowest BCUT2D eigenvalue weighted by Gasteiger charge is -2.26. The Morgan fingerprint density at radius 3 is 2.55 bits per heavy atom. The minimum atomic E-state index is -0.381. The van der Waals surface area contributed by atoms with Gasteiger partial charge in [0.15, 0.2) is 0 Å². The molecule has 6 aromatic rings. The smallest absolute Gasteiger partial charge is 0.355 e. The summed E-state index contributed by atoms with van der Waals surface area (Å²) in [7, 11) is 0. The van der Waals surface area contributed by atoms with Crippen molar-refractivity contribution in [2.45, 2.75) is 59.4 Å². The van der Waals surface area contributed by atoms with Crippen molar-refractivity contribution >= 4 is 39.2 Å². The van der Waals surface area contributed by atoms with Crippen molar-refractivity contribution in [3.8, 4) is 16.9 Å². The molecule has 0 unspecified atom stereocenters. The van der Waals surface area contributed by atoms with Crippen LogP contribution in [0.25, 0.3) is 32.8 Å². The molecular formula is C44H46ClFN4O5. The number of fused-ring (bicyclic) bond motifs is 4. The second kappa shape index (κ2) is 16.5. The molecule has 8 rings (SSSR count). The minimum absolute atomic E-state index is 0.239. The molecule has 0 amide bonds. The first-order chi connectivity index (χ1) is 26.9. The van der Waals surface area contributed by atoms with E-state index >= 15 is 0 Å². The Bertz CT molecular complexity index is 2350. The Kier molecular flexibility index (Phi) is 11.2. The highest BCUT2D eigenvalue weighted by Crippen LogP contribution is 2.44. The maximum atomic E-state index is 14.2. The number of carbonyl (C=O) groups is 1. The van der Waals surface area contributed by atoms with Crippen LogP contribution >= 0.6 is 11.6 Å². The summed E-state index contributed by atoms with van der Waals surface area (Å²) < 4.78 is 42.4. The Morgan fingerprint density at radius 2 is 1.73 bits per heavy atom. The molecular weight excluding hydrogens is 719 g/mol. The molecule has 0 radical (unpaired) electrons. The quantitative estimate of drug-likeness (QED) is 0.0966. The lowest BCUT2D eigenvalue weighted by Crippen LogP contribution is -2.38. The standard InChI is InChI=1S/C44H46ClFN4O5/c1-3-37-41-38(50(47-37)19-18-48-20-23-52-24-21-48)28-53-27-31-10-6-5-9-30(31)26-49-42-35(16-17-36(45)40(41)42)34(43(49)44(51)54-4-2)12-8-22-55-39-13-7-11-29-25-32(46)14-15-33(29)39/h5-7,9-11,13-17,25H,3-4,8,12,18-24,26-28H2,1-2H3. The number of esters is 1. The van der Waals surface area contributed by atoms with Crippen LogP contribution in [0.5, 0.6) is 5.75 Å². The van der Waals surface area contributed by atoms with Crippen molar-refractivity contribution in [2.24, 2.45) is 0 Å². The van der Waals surface area contributed by atoms with Gasteiger partial charge in [-0.25, -0.2) is 9.18 Å². The largest absolute Gasteiger partial charge is 0.493 e. The Balaban J connectivity index is 1.26. The molecule has 2 aliphatic heterocycles. The van der Waals surface area contributed by atoms with Crippen LogP contribution in [-0.2, 0) is 53.4 Å². The second-order valence-corrected chi connectivity index (χ2v) is 14.5. The van der Waals surface area contributed by atoms with Gasteiger partial charge in [-0.15, -0.1) is 0 Å². The van der Waals surface area contributed by atoms with E-state index < -0.39 is 0 Å². The van der Waals surface area contributed by atoms with Crippen molar-refractivity contribution in [3.63, 3.8) is 0 Å². The number of benzene rings is 4. The third kappa shape index (κ3) is 7.48. The second-order valence-electron chi connectivity index (χ2n) is 14.1. The molecule has 0 spiro atoms. The predicted molar refractivity (Wildman–Crippen MR) is 213 cm³/mol. The first kappa shape index (κ1) is 37.2. The molecule has 9 nitrogen and oxygen atoms in total. The topological polar surface area (TPSA) is 80.0 Å². The number of ether oxygens (including phenoxy) is 4. The molecule has 2 aromatic heterocycles. The summed E-state index contributed by atoms with van der Waals surface area (Å²) in [5.41, 5.74) is 8.08. The molecule has 2 aliphatic rings. The van der Waals surface area contributed by atoms with Crippen molar-refractivity contribution in [3.05, 3.63) is 117 Å². The molecule has 1 fully saturated rings. The number of nitrogens with zero attached hydrogens (tertiary/aromatic N) is 4. The average molecular weight is 765 g/mol. The van der Waals surface area contributed by atoms with Crippen LogP contribution in [-0.4, -0.2) is 71.3 Å². The molecule has 4 aromatic carbocycles. The van der Waals surface area contributed by atoms with Crippen molar-refractivity contribution in [2.75, 3.05) is 46.1 Å². The molecule has 0 aliphatic carbocycles. The van der Waals surface area contributed by atoms with Crippen LogP contribution in [0, 0.1) is 5.82 Å². The molecule has 0 N–H and O–H groups in total. The van der Waals surface area contributed by atoms with Gasteiger partial charge in [-0.05, 0) is 78.6 Å². The van der Waals surface area contributed by atoms with Gasteiger partial charge in [0.25, 0.3) is 0 Å². The fraction of sp³-hybridized carbons (Fsp3) is 0.364. The molecule has 0 saturated carbocycles. The summed E-state index contributed by atoms with van der Waals surface area (Å²) >= 11 is 7.32. The summed E-state index contributed by atoms with van der Waals surface area (Å²) in [6.07, 6.45) is 1.86. The number of rotatable bonds is 11. The van der Waals surface area contributed by atoms with Crippen LogP contribution < -0.4 is 4.74 Å². The fourth-order valence-corrected chi connectivity index (χ4v) is 8.36. The van der Waals surface area contributed by atoms with Crippen LogP contribution in [0.3, 0.4) is 0 Å². The van der Waals surface area contributed by atoms with Gasteiger partial charge in [0.2, 0.25) is 0 Å². The zero-order valence-corrected chi connectivity index (χ0v) is 32.2. The summed E-state index contributed by atoms with van der Waals surface area (Å²) in [6.45, 7) is 10.5. The van der Waals surface area contributed by atoms with E-state index in [1.165, 1.54) is 12.1 Å². The normalized spacial score (nSPS) is 14.8. The van der Waals surface area contributed by atoms with E-state index in [2.05, 4.69) is 33.2 Å². The van der Waals surface area contributed by atoms with Gasteiger partial charge in [-0.2, -0.15) is 5.10 Å². The third-order valence-electron chi connectivity index (χ3n) is 10.8. The van der Waals surface area contributed by atoms with Gasteiger partial charge < -0.3 is 23.5 Å². The van der Waals surface area contributed by atoms with E-state index in [1.807, 2.05) is 49.4 Å². The maximum absolute atomic E-state index is 14.2. The number of aryl methyl sites for hydroxylation is 2. The van der Waals surface area contributed by atoms with E-state index in [4.69, 9.17) is 35.6 Å². The van der Waals surface area contributed by atoms with Crippen molar-refractivity contribution < 1.29 is 28.1 Å². The van der Waals surface area contributed by atoms with Crippen LogP contribution in [0.2, 0.25) is 5.02 Å². The van der Waals surface area contributed by atoms with Crippen LogP contribution in [0.4, 0.5) is 4.39 Å². The van der Waals surface area contributed by atoms with Gasteiger partial charge >= 0.3 is 5.97 Å². The molecule has 286 valence electrons. The molecule has 11 heteroatoms. The maximum Gasteiger partial charge on any atom is 0.355 e. The van der Waals surface area contributed by atoms with Crippen molar-refractivity contribution in [1.29, 1.82) is 0 Å². The summed E-state index contributed by atoms with van der Waals surface area (Å²) in [5, 5.41) is 8.35. The van der Waals surface area contributed by atoms with Crippen LogP contribution in [0.15, 0.2) is 72.8 Å². The van der Waals surface area contributed by atoms with Crippen LogP contribution in [0.1, 0.15) is 58.8 Å². The number of carbonyl (C=O) groups excluding carboxylic acids is 1. The predicted octanol–water partition coefficient (Wildman–Crippen LogP) is 8.61. The van der Waals surface area contributed by atoms with Gasteiger partial charge in [0, 0.05) is 48.1 Å². The van der Waals surface area contributed by atoms with Gasteiger partial charge in [-0.1, -0.05) is 61.0 Å². The minimum Gasteiger partial charge on any atom is -0.493 e. The fourth-order valence-electron chi connectivity index (χ4n) is 8.12. The molecule has 55 heavy (non-hydrogen) atoms. The Hall–Kier alpha value is -4.74. The third-order valence-corrected chi connectivity index (χ3v) is 11.1. The van der Waals surface area contributed by atoms with Gasteiger partial charge in [-0.3, -0.25) is 9.58 Å². The number of hydrogen-bond donors (Lipinski definition) is 0. The molecule has 0 bridgehead atoms. The number of halogens is 2. The van der Waals surface area contributed by atoms with E-state index in [-0.39, 0.29) is 18.4 Å². The lowest BCUT2D eigenvalue weighted by atomic mass is 9.97. The highest BCUT2D eigenvalue weighted by Gasteiger charge is 2.31. The number of aromatic nitrogens is 3. The molecule has 1 saturated heterocycles. The monoisotopic (exact) mass is 764 g/mol. The first-order valence-corrected chi connectivity index (χ1v) is 19.7. The Morgan fingerprint density at radius 1 is 0.909 bits per heavy atom. The lowest BCUT2D eigenvalue weighted by molar-refractivity contribution is 0.0354. The van der Waals surface area contributed by atoms with E-state index in [1.54, 1.807) is 6.07 Å². The zero-order chi connectivity index (χ0) is 37.9. The Labute approximate surface area is 325 Å². The van der Waals surface area contributed by atoms with Crippen molar-refractivity contribution in [1.82, 2.24) is 19.2 Å². The number of morpholine rings is 1. The number of hydrogen-bond acceptors (Lipinski definition) is 7. The van der Waals surface area contributed by atoms with Gasteiger partial charge in [0.05, 0.1) is 68.1 Å².